The van der Waals surface area contributed by atoms with Gasteiger partial charge in [-0.1, -0.05) is 11.8 Å². The molecule has 1 aromatic rings. The molecule has 19 heavy (non-hydrogen) atoms. The quantitative estimate of drug-likeness (QED) is 0.669. The van der Waals surface area contributed by atoms with Crippen LogP contribution in [-0.2, 0) is 4.74 Å². The number of ether oxygens (including phenoxy) is 2. The number of halogens is 2. The summed E-state index contributed by atoms with van der Waals surface area (Å²) in [6.45, 7) is 2.49. The molecule has 0 aliphatic heterocycles. The number of benzene rings is 1. The molecule has 0 aromatic heterocycles. The van der Waals surface area contributed by atoms with Crippen LogP contribution in [0.4, 0.5) is 10.5 Å². The fourth-order valence-electron chi connectivity index (χ4n) is 1.20. The Hall–Kier alpha value is -1.38. The SMILES string of the molecule is CCOc1ccc(NC(=O)OCC#CCCl)cc1Br. The highest BCUT2D eigenvalue weighted by molar-refractivity contribution is 9.10. The summed E-state index contributed by atoms with van der Waals surface area (Å²) < 4.78 is 11.0. The van der Waals surface area contributed by atoms with Crippen molar-refractivity contribution in [2.45, 2.75) is 6.92 Å². The van der Waals surface area contributed by atoms with Crippen LogP contribution in [0, 0.1) is 11.8 Å². The van der Waals surface area contributed by atoms with Crippen molar-refractivity contribution in [1.82, 2.24) is 0 Å². The Bertz CT molecular complexity index is 496. The maximum Gasteiger partial charge on any atom is 0.412 e. The monoisotopic (exact) mass is 345 g/mol. The van der Waals surface area contributed by atoms with E-state index in [9.17, 15) is 4.79 Å². The normalized spacial score (nSPS) is 9.21. The van der Waals surface area contributed by atoms with E-state index in [1.807, 2.05) is 6.92 Å². The molecular formula is C13H13BrClNO3. The number of rotatable bonds is 4. The largest absolute Gasteiger partial charge is 0.493 e. The molecule has 0 aliphatic rings. The zero-order chi connectivity index (χ0) is 14.1. The molecule has 102 valence electrons. The Morgan fingerprint density at radius 1 is 1.47 bits per heavy atom. The van der Waals surface area contributed by atoms with E-state index in [-0.39, 0.29) is 12.5 Å². The molecule has 0 spiro atoms. The summed E-state index contributed by atoms with van der Waals surface area (Å²) in [4.78, 5) is 11.4. The molecule has 0 radical (unpaired) electrons. The van der Waals surface area contributed by atoms with Gasteiger partial charge in [-0.05, 0) is 41.1 Å². The zero-order valence-corrected chi connectivity index (χ0v) is 12.7. The van der Waals surface area contributed by atoms with Gasteiger partial charge < -0.3 is 9.47 Å². The topological polar surface area (TPSA) is 47.6 Å². The summed E-state index contributed by atoms with van der Waals surface area (Å²) in [7, 11) is 0. The highest BCUT2D eigenvalue weighted by atomic mass is 79.9. The minimum atomic E-state index is -0.570. The minimum absolute atomic E-state index is 0.0107. The van der Waals surface area contributed by atoms with Crippen LogP contribution in [0.25, 0.3) is 0 Å². The maximum absolute atomic E-state index is 11.4. The molecule has 0 heterocycles. The summed E-state index contributed by atoms with van der Waals surface area (Å²) in [5, 5.41) is 2.58. The van der Waals surface area contributed by atoms with Crippen LogP contribution < -0.4 is 10.1 Å². The predicted octanol–water partition coefficient (Wildman–Crippen LogP) is 3.64. The fourth-order valence-corrected chi connectivity index (χ4v) is 1.79. The van der Waals surface area contributed by atoms with Crippen LogP contribution in [0.15, 0.2) is 22.7 Å². The zero-order valence-electron chi connectivity index (χ0n) is 10.3. The van der Waals surface area contributed by atoms with Crippen molar-refractivity contribution in [3.63, 3.8) is 0 Å². The molecule has 0 unspecified atom stereocenters. The lowest BCUT2D eigenvalue weighted by molar-refractivity contribution is 0.176. The second-order valence-corrected chi connectivity index (χ2v) is 4.39. The van der Waals surface area contributed by atoms with E-state index in [1.54, 1.807) is 18.2 Å². The number of hydrogen-bond donors (Lipinski definition) is 1. The smallest absolute Gasteiger partial charge is 0.412 e. The lowest BCUT2D eigenvalue weighted by atomic mass is 10.3. The van der Waals surface area contributed by atoms with Crippen molar-refractivity contribution in [1.29, 1.82) is 0 Å². The summed E-state index contributed by atoms with van der Waals surface area (Å²) in [5.74, 6) is 6.12. The van der Waals surface area contributed by atoms with Crippen molar-refractivity contribution >= 4 is 39.3 Å². The number of carbonyl (C=O) groups excluding carboxylic acids is 1. The lowest BCUT2D eigenvalue weighted by Gasteiger charge is -2.09. The van der Waals surface area contributed by atoms with Gasteiger partial charge in [0, 0.05) is 5.69 Å². The van der Waals surface area contributed by atoms with E-state index >= 15 is 0 Å². The Labute approximate surface area is 125 Å². The van der Waals surface area contributed by atoms with E-state index in [2.05, 4.69) is 33.1 Å². The van der Waals surface area contributed by atoms with Crippen molar-refractivity contribution in [2.75, 3.05) is 24.4 Å². The van der Waals surface area contributed by atoms with Crippen LogP contribution in [0.5, 0.6) is 5.75 Å². The first kappa shape index (κ1) is 15.7. The first-order chi connectivity index (χ1) is 9.17. The van der Waals surface area contributed by atoms with Crippen LogP contribution in [0.1, 0.15) is 6.92 Å². The molecule has 0 bridgehead atoms. The number of carbonyl (C=O) groups is 1. The Kier molecular flexibility index (Phi) is 7.16. The van der Waals surface area contributed by atoms with Gasteiger partial charge in [-0.15, -0.1) is 11.6 Å². The maximum atomic E-state index is 11.4. The summed E-state index contributed by atoms with van der Waals surface area (Å²) >= 11 is 8.71. The molecule has 0 fully saturated rings. The second-order valence-electron chi connectivity index (χ2n) is 3.27. The average molecular weight is 347 g/mol. The van der Waals surface area contributed by atoms with Crippen LogP contribution in [0.2, 0.25) is 0 Å². The van der Waals surface area contributed by atoms with Crippen molar-refractivity contribution in [2.24, 2.45) is 0 Å². The summed E-state index contributed by atoms with van der Waals surface area (Å²) in [5.41, 5.74) is 0.602. The van der Waals surface area contributed by atoms with Gasteiger partial charge in [0.1, 0.15) is 5.75 Å². The van der Waals surface area contributed by atoms with E-state index in [0.717, 1.165) is 10.2 Å². The molecule has 0 saturated carbocycles. The first-order valence-corrected chi connectivity index (χ1v) is 6.88. The van der Waals surface area contributed by atoms with Crippen LogP contribution in [-0.4, -0.2) is 25.2 Å². The van der Waals surface area contributed by atoms with Gasteiger partial charge in [0.25, 0.3) is 0 Å². The Balaban J connectivity index is 2.52. The van der Waals surface area contributed by atoms with Gasteiger partial charge in [0.2, 0.25) is 0 Å². The number of anilines is 1. The second kappa shape index (κ2) is 8.68. The third kappa shape index (κ3) is 5.86. The first-order valence-electron chi connectivity index (χ1n) is 5.55. The highest BCUT2D eigenvalue weighted by Gasteiger charge is 2.05. The number of alkyl halides is 1. The molecule has 1 aromatic carbocycles. The fraction of sp³-hybridized carbons (Fsp3) is 0.308. The highest BCUT2D eigenvalue weighted by Crippen LogP contribution is 2.28. The number of hydrogen-bond acceptors (Lipinski definition) is 3. The number of nitrogens with one attached hydrogen (secondary N) is 1. The van der Waals surface area contributed by atoms with Gasteiger partial charge in [-0.3, -0.25) is 5.32 Å². The van der Waals surface area contributed by atoms with Crippen LogP contribution in [0.3, 0.4) is 0 Å². The van der Waals surface area contributed by atoms with E-state index < -0.39 is 6.09 Å². The molecule has 1 rings (SSSR count). The average Bonchev–Trinajstić information content (AvgIpc) is 2.38. The van der Waals surface area contributed by atoms with Gasteiger partial charge in [0.15, 0.2) is 6.61 Å². The standard InChI is InChI=1S/C13H13BrClNO3/c1-2-18-12-6-5-10(9-11(12)14)16-13(17)19-8-4-3-7-15/h5-6,9H,2,7-8H2,1H3,(H,16,17). The molecule has 1 amide bonds. The van der Waals surface area contributed by atoms with E-state index in [0.29, 0.717) is 12.3 Å². The predicted molar refractivity (Wildman–Crippen MR) is 78.8 cm³/mol. The van der Waals surface area contributed by atoms with Crippen molar-refractivity contribution in [3.8, 4) is 17.6 Å². The van der Waals surface area contributed by atoms with Gasteiger partial charge in [0.05, 0.1) is 17.0 Å². The van der Waals surface area contributed by atoms with E-state index in [1.165, 1.54) is 0 Å². The summed E-state index contributed by atoms with van der Waals surface area (Å²) in [6.07, 6.45) is -0.570. The molecule has 0 atom stereocenters. The molecule has 4 nitrogen and oxygen atoms in total. The third-order valence-corrected chi connectivity index (χ3v) is 2.70. The molecule has 1 N–H and O–H groups in total. The minimum Gasteiger partial charge on any atom is -0.493 e. The Morgan fingerprint density at radius 3 is 2.89 bits per heavy atom. The number of amides is 1. The van der Waals surface area contributed by atoms with Crippen molar-refractivity contribution < 1.29 is 14.3 Å². The molecule has 6 heteroatoms. The van der Waals surface area contributed by atoms with Crippen molar-refractivity contribution in [3.05, 3.63) is 22.7 Å². The lowest BCUT2D eigenvalue weighted by Crippen LogP contribution is -2.13. The third-order valence-electron chi connectivity index (χ3n) is 1.95. The molecule has 0 saturated heterocycles. The Morgan fingerprint density at radius 2 is 2.26 bits per heavy atom. The molecule has 0 aliphatic carbocycles. The van der Waals surface area contributed by atoms with E-state index in [4.69, 9.17) is 21.1 Å². The van der Waals surface area contributed by atoms with Gasteiger partial charge in [-0.2, -0.15) is 0 Å². The van der Waals surface area contributed by atoms with Crippen LogP contribution >= 0.6 is 27.5 Å². The molecular weight excluding hydrogens is 334 g/mol. The van der Waals surface area contributed by atoms with Gasteiger partial charge >= 0.3 is 6.09 Å². The summed E-state index contributed by atoms with van der Waals surface area (Å²) in [6, 6.07) is 5.22. The van der Waals surface area contributed by atoms with Gasteiger partial charge in [-0.25, -0.2) is 4.79 Å².